The summed E-state index contributed by atoms with van der Waals surface area (Å²) >= 11 is 0. The summed E-state index contributed by atoms with van der Waals surface area (Å²) in [6.07, 6.45) is 4.89. The van der Waals surface area contributed by atoms with Gasteiger partial charge in [-0.2, -0.15) is 10.2 Å². The monoisotopic (exact) mass is 489 g/mol. The number of rotatable bonds is 5. The topological polar surface area (TPSA) is 110 Å². The molecule has 2 unspecified atom stereocenters. The van der Waals surface area contributed by atoms with E-state index in [1.165, 1.54) is 0 Å². The van der Waals surface area contributed by atoms with Crippen molar-refractivity contribution in [1.29, 1.82) is 0 Å². The average Bonchev–Trinajstić information content (AvgIpc) is 3.41. The van der Waals surface area contributed by atoms with E-state index in [2.05, 4.69) is 40.3 Å². The minimum Gasteiger partial charge on any atom is -0.376 e. The molecular weight excluding hydrogens is 454 g/mol. The van der Waals surface area contributed by atoms with Crippen LogP contribution in [0.15, 0.2) is 35.0 Å². The van der Waals surface area contributed by atoms with Crippen LogP contribution in [0.2, 0.25) is 0 Å². The number of hydrogen-bond acceptors (Lipinski definition) is 7. The SMILES string of the molecule is CC.Cc1noc(C)c1-c1cc(C(O)(c2cccnn2)C2CCC(C)(C)O2)c2nc(C3CC3)[nH]c2c1. The summed E-state index contributed by atoms with van der Waals surface area (Å²) in [5, 5.41) is 25.2. The van der Waals surface area contributed by atoms with Gasteiger partial charge in [0.15, 0.2) is 5.60 Å². The summed E-state index contributed by atoms with van der Waals surface area (Å²) < 4.78 is 11.9. The van der Waals surface area contributed by atoms with Gasteiger partial charge in [0.2, 0.25) is 0 Å². The smallest absolute Gasteiger partial charge is 0.161 e. The molecule has 1 saturated carbocycles. The second kappa shape index (κ2) is 9.09. The quantitative estimate of drug-likeness (QED) is 0.369. The maximum Gasteiger partial charge on any atom is 0.161 e. The molecule has 0 radical (unpaired) electrons. The van der Waals surface area contributed by atoms with Crippen molar-refractivity contribution >= 4 is 11.0 Å². The molecule has 6 rings (SSSR count). The van der Waals surface area contributed by atoms with Gasteiger partial charge in [0.05, 0.1) is 28.4 Å². The van der Waals surface area contributed by atoms with Crippen LogP contribution >= 0.6 is 0 Å². The van der Waals surface area contributed by atoms with Crippen molar-refractivity contribution in [3.63, 3.8) is 0 Å². The van der Waals surface area contributed by atoms with Gasteiger partial charge in [-0.15, -0.1) is 0 Å². The third-order valence-corrected chi connectivity index (χ3v) is 7.20. The van der Waals surface area contributed by atoms with Gasteiger partial charge in [0, 0.05) is 23.2 Å². The van der Waals surface area contributed by atoms with E-state index in [-0.39, 0.29) is 5.60 Å². The van der Waals surface area contributed by atoms with Crippen molar-refractivity contribution in [2.45, 2.75) is 90.4 Å². The van der Waals surface area contributed by atoms with Crippen molar-refractivity contribution in [2.75, 3.05) is 0 Å². The maximum absolute atomic E-state index is 12.6. The molecule has 0 amide bonds. The number of ether oxygens (including phenoxy) is 1. The second-order valence-electron chi connectivity index (χ2n) is 10.3. The molecule has 8 heteroatoms. The lowest BCUT2D eigenvalue weighted by Crippen LogP contribution is -2.43. The molecule has 0 spiro atoms. The Balaban J connectivity index is 0.00000130. The van der Waals surface area contributed by atoms with Crippen molar-refractivity contribution in [1.82, 2.24) is 25.3 Å². The highest BCUT2D eigenvalue weighted by Crippen LogP contribution is 2.47. The maximum atomic E-state index is 12.6. The number of benzene rings is 1. The summed E-state index contributed by atoms with van der Waals surface area (Å²) in [6.45, 7) is 11.9. The Kier molecular flexibility index (Phi) is 6.21. The van der Waals surface area contributed by atoms with Crippen LogP contribution < -0.4 is 0 Å². The number of fused-ring (bicyclic) bond motifs is 1. The second-order valence-corrected chi connectivity index (χ2v) is 10.3. The van der Waals surface area contributed by atoms with Gasteiger partial charge in [-0.05, 0) is 83.2 Å². The van der Waals surface area contributed by atoms with E-state index in [1.54, 1.807) is 12.3 Å². The third-order valence-electron chi connectivity index (χ3n) is 7.20. The van der Waals surface area contributed by atoms with Crippen LogP contribution in [-0.4, -0.2) is 42.1 Å². The van der Waals surface area contributed by atoms with Gasteiger partial charge in [0.1, 0.15) is 17.3 Å². The van der Waals surface area contributed by atoms with E-state index >= 15 is 0 Å². The molecule has 4 heterocycles. The number of hydrogen-bond donors (Lipinski definition) is 2. The molecule has 8 nitrogen and oxygen atoms in total. The minimum absolute atomic E-state index is 0.343. The van der Waals surface area contributed by atoms with Gasteiger partial charge < -0.3 is 19.4 Å². The molecule has 2 N–H and O–H groups in total. The van der Waals surface area contributed by atoms with Gasteiger partial charge in [-0.1, -0.05) is 19.0 Å². The first-order chi connectivity index (χ1) is 17.3. The zero-order valence-corrected chi connectivity index (χ0v) is 21.9. The Morgan fingerprint density at radius 2 is 1.92 bits per heavy atom. The fourth-order valence-corrected chi connectivity index (χ4v) is 5.27. The predicted molar refractivity (Wildman–Crippen MR) is 138 cm³/mol. The summed E-state index contributed by atoms with van der Waals surface area (Å²) in [5.74, 6) is 2.13. The Hall–Kier alpha value is -3.10. The van der Waals surface area contributed by atoms with Crippen molar-refractivity contribution < 1.29 is 14.4 Å². The van der Waals surface area contributed by atoms with Gasteiger partial charge >= 0.3 is 0 Å². The molecule has 2 atom stereocenters. The number of H-pyrrole nitrogens is 1. The van der Waals surface area contributed by atoms with Crippen molar-refractivity contribution in [3.05, 3.63) is 59.0 Å². The van der Waals surface area contributed by atoms with Crippen LogP contribution in [0.25, 0.3) is 22.2 Å². The van der Waals surface area contributed by atoms with Crippen LogP contribution in [0.3, 0.4) is 0 Å². The highest BCUT2D eigenvalue weighted by Gasteiger charge is 2.50. The lowest BCUT2D eigenvalue weighted by molar-refractivity contribution is -0.112. The average molecular weight is 490 g/mol. The molecule has 2 aliphatic rings. The van der Waals surface area contributed by atoms with E-state index in [1.807, 2.05) is 39.8 Å². The van der Waals surface area contributed by atoms with E-state index in [0.29, 0.717) is 23.6 Å². The number of aliphatic hydroxyl groups is 1. The summed E-state index contributed by atoms with van der Waals surface area (Å²) in [4.78, 5) is 8.50. The number of aryl methyl sites for hydroxylation is 2. The van der Waals surface area contributed by atoms with Crippen molar-refractivity contribution in [2.24, 2.45) is 0 Å². The van der Waals surface area contributed by atoms with E-state index in [0.717, 1.165) is 58.7 Å². The van der Waals surface area contributed by atoms with Crippen LogP contribution in [-0.2, 0) is 10.3 Å². The Bertz CT molecular complexity index is 1350. The van der Waals surface area contributed by atoms with Crippen LogP contribution in [0.4, 0.5) is 0 Å². The predicted octanol–water partition coefficient (Wildman–Crippen LogP) is 5.72. The lowest BCUT2D eigenvalue weighted by Gasteiger charge is -2.35. The number of aromatic amines is 1. The molecule has 1 aromatic carbocycles. The number of nitrogens with one attached hydrogen (secondary N) is 1. The normalized spacial score (nSPS) is 20.7. The van der Waals surface area contributed by atoms with Crippen molar-refractivity contribution in [3.8, 4) is 11.1 Å². The standard InChI is InChI=1S/C26H29N5O3.C2H6/c1-14-22(15(2)34-31-14)17-12-18(23-19(13-17)28-24(29-23)16-7-8-16)26(32,20-6-5-11-27-30-20)21-9-10-25(3,4)33-21;1-2/h5-6,11-13,16,21,32H,7-10H2,1-4H3,(H,28,29);1-2H3. The van der Waals surface area contributed by atoms with E-state index in [9.17, 15) is 5.11 Å². The molecule has 190 valence electrons. The summed E-state index contributed by atoms with van der Waals surface area (Å²) in [6, 6.07) is 7.67. The summed E-state index contributed by atoms with van der Waals surface area (Å²) in [7, 11) is 0. The van der Waals surface area contributed by atoms with E-state index in [4.69, 9.17) is 14.2 Å². The highest BCUT2D eigenvalue weighted by molar-refractivity contribution is 5.87. The van der Waals surface area contributed by atoms with Gasteiger partial charge in [0.25, 0.3) is 0 Å². The number of aromatic nitrogens is 5. The first-order valence-corrected chi connectivity index (χ1v) is 12.9. The first kappa shape index (κ1) is 24.6. The molecule has 1 aliphatic carbocycles. The van der Waals surface area contributed by atoms with Gasteiger partial charge in [-0.25, -0.2) is 4.98 Å². The third kappa shape index (κ3) is 4.12. The fraction of sp³-hybridized carbons (Fsp3) is 0.500. The molecule has 36 heavy (non-hydrogen) atoms. The van der Waals surface area contributed by atoms with Crippen LogP contribution in [0.5, 0.6) is 0 Å². The number of imidazole rings is 1. The van der Waals surface area contributed by atoms with Crippen LogP contribution in [0, 0.1) is 13.8 Å². The fourth-order valence-electron chi connectivity index (χ4n) is 5.27. The number of nitrogens with zero attached hydrogens (tertiary/aromatic N) is 4. The molecule has 2 fully saturated rings. The van der Waals surface area contributed by atoms with Crippen LogP contribution in [0.1, 0.15) is 87.8 Å². The highest BCUT2D eigenvalue weighted by atomic mass is 16.5. The Labute approximate surface area is 211 Å². The van der Waals surface area contributed by atoms with E-state index < -0.39 is 11.7 Å². The van der Waals surface area contributed by atoms with Gasteiger partial charge in [-0.3, -0.25) is 0 Å². The zero-order chi connectivity index (χ0) is 25.7. The lowest BCUT2D eigenvalue weighted by atomic mass is 9.81. The Morgan fingerprint density at radius 1 is 1.14 bits per heavy atom. The minimum atomic E-state index is -1.54. The molecule has 4 aromatic rings. The first-order valence-electron chi connectivity index (χ1n) is 12.9. The largest absolute Gasteiger partial charge is 0.376 e. The zero-order valence-electron chi connectivity index (χ0n) is 21.9. The summed E-state index contributed by atoms with van der Waals surface area (Å²) in [5.41, 5.74) is 3.45. The Morgan fingerprint density at radius 3 is 2.50 bits per heavy atom. The molecule has 1 saturated heterocycles. The molecule has 1 aliphatic heterocycles. The molecule has 3 aromatic heterocycles. The molecular formula is C28H35N5O3. The molecule has 0 bridgehead atoms.